The van der Waals surface area contributed by atoms with E-state index in [0.29, 0.717) is 25.9 Å². The molecule has 2 amide bonds. The molecule has 0 radical (unpaired) electrons. The summed E-state index contributed by atoms with van der Waals surface area (Å²) in [7, 11) is 0. The molecule has 6 nitrogen and oxygen atoms in total. The third kappa shape index (κ3) is 2.89. The summed E-state index contributed by atoms with van der Waals surface area (Å²) < 4.78 is 0. The summed E-state index contributed by atoms with van der Waals surface area (Å²) in [6.45, 7) is 4.27. The Hall–Kier alpha value is -1.59. The lowest BCUT2D eigenvalue weighted by Gasteiger charge is -2.43. The lowest BCUT2D eigenvalue weighted by molar-refractivity contribution is -0.159. The van der Waals surface area contributed by atoms with Crippen LogP contribution in [0.2, 0.25) is 0 Å². The molecule has 1 aliphatic carbocycles. The Balaban J connectivity index is 2.15. The van der Waals surface area contributed by atoms with Crippen LogP contribution in [0, 0.1) is 5.41 Å². The van der Waals surface area contributed by atoms with E-state index in [1.54, 1.807) is 13.8 Å². The maximum atomic E-state index is 12.6. The first kappa shape index (κ1) is 15.8. The van der Waals surface area contributed by atoms with Crippen molar-refractivity contribution in [1.82, 2.24) is 10.2 Å². The van der Waals surface area contributed by atoms with E-state index >= 15 is 0 Å². The van der Waals surface area contributed by atoms with Gasteiger partial charge in [0.05, 0.1) is 5.41 Å². The lowest BCUT2D eigenvalue weighted by atomic mass is 9.71. The molecule has 2 rings (SSSR count). The summed E-state index contributed by atoms with van der Waals surface area (Å²) in [4.78, 5) is 37.7. The van der Waals surface area contributed by atoms with Crippen LogP contribution in [0.1, 0.15) is 52.4 Å². The topological polar surface area (TPSA) is 86.7 Å². The molecule has 1 saturated carbocycles. The molecular weight excluding hydrogens is 272 g/mol. The first-order chi connectivity index (χ1) is 9.79. The molecule has 2 aliphatic rings. The number of carboxylic acid groups (broad SMARTS) is 1. The average molecular weight is 296 g/mol. The molecule has 21 heavy (non-hydrogen) atoms. The molecule has 0 aromatic heterocycles. The number of carbonyl (C=O) groups is 3. The molecule has 0 aromatic carbocycles. The van der Waals surface area contributed by atoms with Crippen molar-refractivity contribution >= 4 is 17.8 Å². The summed E-state index contributed by atoms with van der Waals surface area (Å²) in [5, 5.41) is 12.3. The number of nitrogens with one attached hydrogen (secondary N) is 1. The summed E-state index contributed by atoms with van der Waals surface area (Å²) >= 11 is 0. The number of hydrogen-bond donors (Lipinski definition) is 2. The highest BCUT2D eigenvalue weighted by Gasteiger charge is 2.46. The Kier molecular flexibility index (Phi) is 4.25. The van der Waals surface area contributed by atoms with Crippen molar-refractivity contribution in [3.63, 3.8) is 0 Å². The molecule has 0 atom stereocenters. The summed E-state index contributed by atoms with van der Waals surface area (Å²) in [5.41, 5.74) is -1.86. The molecule has 0 unspecified atom stereocenters. The zero-order valence-electron chi connectivity index (χ0n) is 12.8. The maximum Gasteiger partial charge on any atom is 0.310 e. The second-order valence-corrected chi connectivity index (χ2v) is 6.68. The highest BCUT2D eigenvalue weighted by Crippen LogP contribution is 2.40. The van der Waals surface area contributed by atoms with Crippen molar-refractivity contribution in [2.24, 2.45) is 5.41 Å². The third-order valence-electron chi connectivity index (χ3n) is 4.91. The highest BCUT2D eigenvalue weighted by molar-refractivity contribution is 5.93. The molecule has 2 fully saturated rings. The Labute approximate surface area is 124 Å². The SMILES string of the molecule is CC1(C)C(=O)NCCN1C(=O)CC1(C(=O)O)CCCCC1. The number of nitrogens with zero attached hydrogens (tertiary/aromatic N) is 1. The van der Waals surface area contributed by atoms with Gasteiger partial charge in [-0.15, -0.1) is 0 Å². The molecular formula is C15H24N2O4. The van der Waals surface area contributed by atoms with E-state index < -0.39 is 16.9 Å². The van der Waals surface area contributed by atoms with Crippen LogP contribution >= 0.6 is 0 Å². The van der Waals surface area contributed by atoms with Crippen molar-refractivity contribution in [1.29, 1.82) is 0 Å². The van der Waals surface area contributed by atoms with Gasteiger partial charge in [-0.25, -0.2) is 0 Å². The molecule has 0 spiro atoms. The van der Waals surface area contributed by atoms with Crippen LogP contribution in [0.5, 0.6) is 0 Å². The lowest BCUT2D eigenvalue weighted by Crippen LogP contribution is -2.64. The molecule has 1 aliphatic heterocycles. The predicted molar refractivity (Wildman–Crippen MR) is 76.6 cm³/mol. The van der Waals surface area contributed by atoms with E-state index in [4.69, 9.17) is 0 Å². The van der Waals surface area contributed by atoms with Gasteiger partial charge in [0.25, 0.3) is 0 Å². The zero-order valence-corrected chi connectivity index (χ0v) is 12.8. The molecule has 0 aromatic rings. The molecule has 1 heterocycles. The van der Waals surface area contributed by atoms with Crippen LogP contribution in [0.3, 0.4) is 0 Å². The minimum atomic E-state index is -0.945. The van der Waals surface area contributed by atoms with E-state index in [2.05, 4.69) is 5.32 Å². The first-order valence-corrected chi connectivity index (χ1v) is 7.62. The quantitative estimate of drug-likeness (QED) is 0.818. The van der Waals surface area contributed by atoms with Crippen LogP contribution in [0.15, 0.2) is 0 Å². The van der Waals surface area contributed by atoms with Gasteiger partial charge < -0.3 is 15.3 Å². The molecule has 6 heteroatoms. The Morgan fingerprint density at radius 3 is 2.43 bits per heavy atom. The second kappa shape index (κ2) is 5.66. The molecule has 1 saturated heterocycles. The maximum absolute atomic E-state index is 12.6. The minimum absolute atomic E-state index is 0.000949. The van der Waals surface area contributed by atoms with Crippen LogP contribution < -0.4 is 5.32 Å². The van der Waals surface area contributed by atoms with Gasteiger partial charge in [0, 0.05) is 19.5 Å². The smallest absolute Gasteiger partial charge is 0.310 e. The van der Waals surface area contributed by atoms with Gasteiger partial charge in [-0.2, -0.15) is 0 Å². The van der Waals surface area contributed by atoms with Gasteiger partial charge in [0.2, 0.25) is 11.8 Å². The van der Waals surface area contributed by atoms with Crippen molar-refractivity contribution < 1.29 is 19.5 Å². The van der Waals surface area contributed by atoms with Gasteiger partial charge in [-0.3, -0.25) is 14.4 Å². The van der Waals surface area contributed by atoms with Crippen molar-refractivity contribution in [2.75, 3.05) is 13.1 Å². The van der Waals surface area contributed by atoms with Gasteiger partial charge in [-0.05, 0) is 26.7 Å². The summed E-state index contributed by atoms with van der Waals surface area (Å²) in [6, 6.07) is 0. The van der Waals surface area contributed by atoms with Crippen LogP contribution in [-0.2, 0) is 14.4 Å². The number of amides is 2. The Morgan fingerprint density at radius 2 is 1.86 bits per heavy atom. The van der Waals surface area contributed by atoms with E-state index in [9.17, 15) is 19.5 Å². The fourth-order valence-electron chi connectivity index (χ4n) is 3.42. The standard InChI is InChI=1S/C15H24N2O4/c1-14(2)12(19)16-8-9-17(14)11(18)10-15(13(20)21)6-4-3-5-7-15/h3-10H2,1-2H3,(H,16,19)(H,20,21). The van der Waals surface area contributed by atoms with Gasteiger partial charge >= 0.3 is 5.97 Å². The number of piperazine rings is 1. The monoisotopic (exact) mass is 296 g/mol. The first-order valence-electron chi connectivity index (χ1n) is 7.62. The normalized spacial score (nSPS) is 24.3. The van der Waals surface area contributed by atoms with Crippen molar-refractivity contribution in [3.05, 3.63) is 0 Å². The van der Waals surface area contributed by atoms with Crippen LogP contribution in [0.4, 0.5) is 0 Å². The number of carbonyl (C=O) groups excluding carboxylic acids is 2. The second-order valence-electron chi connectivity index (χ2n) is 6.68. The van der Waals surface area contributed by atoms with Crippen molar-refractivity contribution in [3.8, 4) is 0 Å². The molecule has 0 bridgehead atoms. The number of carboxylic acids is 1. The van der Waals surface area contributed by atoms with E-state index in [1.807, 2.05) is 0 Å². The van der Waals surface area contributed by atoms with Crippen LogP contribution in [-0.4, -0.2) is 46.4 Å². The van der Waals surface area contributed by atoms with E-state index in [1.165, 1.54) is 4.90 Å². The van der Waals surface area contributed by atoms with Crippen molar-refractivity contribution in [2.45, 2.75) is 57.9 Å². The fraction of sp³-hybridized carbons (Fsp3) is 0.800. The van der Waals surface area contributed by atoms with E-state index in [0.717, 1.165) is 19.3 Å². The largest absolute Gasteiger partial charge is 0.481 e. The number of rotatable bonds is 3. The molecule has 2 N–H and O–H groups in total. The minimum Gasteiger partial charge on any atom is -0.481 e. The van der Waals surface area contributed by atoms with Gasteiger partial charge in [0.1, 0.15) is 5.54 Å². The zero-order chi connectivity index (χ0) is 15.7. The van der Waals surface area contributed by atoms with Gasteiger partial charge in [-0.1, -0.05) is 19.3 Å². The summed E-state index contributed by atoms with van der Waals surface area (Å²) in [6.07, 6.45) is 3.83. The number of hydrogen-bond acceptors (Lipinski definition) is 3. The highest BCUT2D eigenvalue weighted by atomic mass is 16.4. The van der Waals surface area contributed by atoms with Crippen LogP contribution in [0.25, 0.3) is 0 Å². The van der Waals surface area contributed by atoms with Gasteiger partial charge in [0.15, 0.2) is 0 Å². The van der Waals surface area contributed by atoms with E-state index in [-0.39, 0.29) is 18.2 Å². The third-order valence-corrected chi connectivity index (χ3v) is 4.91. The fourth-order valence-corrected chi connectivity index (χ4v) is 3.42. The Morgan fingerprint density at radius 1 is 1.24 bits per heavy atom. The Bertz CT molecular complexity index is 453. The number of aliphatic carboxylic acids is 1. The summed E-state index contributed by atoms with van der Waals surface area (Å²) in [5.74, 6) is -1.29. The average Bonchev–Trinajstić information content (AvgIpc) is 2.42. The predicted octanol–water partition coefficient (Wildman–Crippen LogP) is 1.15. The molecule has 118 valence electrons.